The van der Waals surface area contributed by atoms with Gasteiger partial charge in [-0.15, -0.1) is 5.90 Å². The minimum atomic E-state index is 0.570. The van der Waals surface area contributed by atoms with Crippen molar-refractivity contribution in [1.82, 2.24) is 5.90 Å². The third kappa shape index (κ3) is 6.27. The highest BCUT2D eigenvalue weighted by atomic mass is 32.2. The molecule has 0 amide bonds. The van der Waals surface area contributed by atoms with Crippen molar-refractivity contribution in [2.45, 2.75) is 6.42 Å². The Balaban J connectivity index is 2.45. The smallest absolute Gasteiger partial charge is 0.0707 e. The summed E-state index contributed by atoms with van der Waals surface area (Å²) < 4.78 is 0. The van der Waals surface area contributed by atoms with Crippen molar-refractivity contribution in [1.29, 1.82) is 0 Å². The average molecular weight is 120 g/mol. The van der Waals surface area contributed by atoms with Crippen molar-refractivity contribution in [3.05, 3.63) is 0 Å². The molecule has 0 aliphatic carbocycles. The van der Waals surface area contributed by atoms with Gasteiger partial charge in [0.25, 0.3) is 0 Å². The van der Waals surface area contributed by atoms with Crippen LogP contribution in [0, 0.1) is 0 Å². The maximum absolute atomic E-state index is 6.27. The lowest BCUT2D eigenvalue weighted by molar-refractivity contribution is 0.120. The van der Waals surface area contributed by atoms with E-state index in [1.807, 2.05) is 6.26 Å². The fourth-order valence-electron chi connectivity index (χ4n) is 0.275. The summed E-state index contributed by atoms with van der Waals surface area (Å²) in [5, 5.41) is 0. The number of nitrogens with one attached hydrogen (secondary N) is 1. The van der Waals surface area contributed by atoms with Crippen molar-refractivity contribution < 1.29 is 4.84 Å². The predicted octanol–water partition coefficient (Wildman–Crippen LogP) is 0.954. The molecule has 0 spiro atoms. The first kappa shape index (κ1) is 7.27. The number of rotatable bonds is 4. The standard InChI is InChI=1S/C4H10NOS/c1-7-4-2-3-6-5/h5H,2-4H2,1H3. The summed E-state index contributed by atoms with van der Waals surface area (Å²) in [4.78, 5) is 4.08. The molecule has 0 bridgehead atoms. The molecule has 1 radical (unpaired) electrons. The van der Waals surface area contributed by atoms with Gasteiger partial charge in [0.15, 0.2) is 0 Å². The van der Waals surface area contributed by atoms with Gasteiger partial charge >= 0.3 is 0 Å². The predicted molar refractivity (Wildman–Crippen MR) is 32.0 cm³/mol. The van der Waals surface area contributed by atoms with E-state index < -0.39 is 0 Å². The van der Waals surface area contributed by atoms with Gasteiger partial charge in [-0.1, -0.05) is 0 Å². The van der Waals surface area contributed by atoms with Crippen LogP contribution in [0.3, 0.4) is 0 Å². The first-order valence-corrected chi connectivity index (χ1v) is 3.58. The molecule has 0 atom stereocenters. The molecular formula is C4H10NOS. The number of hydrogen-bond acceptors (Lipinski definition) is 2. The van der Waals surface area contributed by atoms with E-state index in [4.69, 9.17) is 5.90 Å². The third-order valence-electron chi connectivity index (χ3n) is 0.595. The zero-order valence-electron chi connectivity index (χ0n) is 4.44. The second kappa shape index (κ2) is 6.27. The summed E-state index contributed by atoms with van der Waals surface area (Å²) in [5.74, 6) is 7.37. The van der Waals surface area contributed by atoms with E-state index in [2.05, 4.69) is 4.84 Å². The van der Waals surface area contributed by atoms with Crippen molar-refractivity contribution in [2.24, 2.45) is 0 Å². The summed E-state index contributed by atoms with van der Waals surface area (Å²) >= 11 is 1.78. The monoisotopic (exact) mass is 120 g/mol. The van der Waals surface area contributed by atoms with E-state index in [0.717, 1.165) is 12.2 Å². The van der Waals surface area contributed by atoms with E-state index in [-0.39, 0.29) is 0 Å². The Morgan fingerprint density at radius 1 is 1.71 bits per heavy atom. The molecule has 0 aliphatic heterocycles. The first-order chi connectivity index (χ1) is 3.41. The lowest BCUT2D eigenvalue weighted by Crippen LogP contribution is -1.91. The molecule has 0 aromatic heterocycles. The van der Waals surface area contributed by atoms with Crippen LogP contribution in [-0.4, -0.2) is 18.6 Å². The van der Waals surface area contributed by atoms with Crippen LogP contribution in [0.25, 0.3) is 0 Å². The molecule has 0 saturated heterocycles. The van der Waals surface area contributed by atoms with Gasteiger partial charge in [0.05, 0.1) is 6.61 Å². The Morgan fingerprint density at radius 3 is 2.86 bits per heavy atom. The highest BCUT2D eigenvalue weighted by Gasteiger charge is 1.81. The van der Waals surface area contributed by atoms with E-state index >= 15 is 0 Å². The van der Waals surface area contributed by atoms with Gasteiger partial charge in [-0.2, -0.15) is 11.8 Å². The van der Waals surface area contributed by atoms with Crippen LogP contribution in [0.4, 0.5) is 0 Å². The first-order valence-electron chi connectivity index (χ1n) is 2.19. The maximum atomic E-state index is 6.27. The molecule has 7 heavy (non-hydrogen) atoms. The van der Waals surface area contributed by atoms with Crippen molar-refractivity contribution >= 4 is 11.8 Å². The van der Waals surface area contributed by atoms with Gasteiger partial charge in [-0.25, -0.2) is 0 Å². The summed E-state index contributed by atoms with van der Waals surface area (Å²) in [7, 11) is 0. The Kier molecular flexibility index (Phi) is 6.51. The van der Waals surface area contributed by atoms with Gasteiger partial charge in [0.2, 0.25) is 0 Å². The van der Waals surface area contributed by atoms with Crippen LogP contribution in [0.5, 0.6) is 0 Å². The number of thioether (sulfide) groups is 1. The van der Waals surface area contributed by atoms with Gasteiger partial charge in [0, 0.05) is 0 Å². The van der Waals surface area contributed by atoms with Crippen LogP contribution in [-0.2, 0) is 4.84 Å². The van der Waals surface area contributed by atoms with Gasteiger partial charge in [-0.05, 0) is 18.4 Å². The second-order valence-electron chi connectivity index (χ2n) is 1.19. The highest BCUT2D eigenvalue weighted by molar-refractivity contribution is 7.98. The van der Waals surface area contributed by atoms with Crippen molar-refractivity contribution in [2.75, 3.05) is 18.6 Å². The third-order valence-corrected chi connectivity index (χ3v) is 1.29. The molecule has 0 unspecified atom stereocenters. The largest absolute Gasteiger partial charge is 0.285 e. The van der Waals surface area contributed by atoms with Crippen LogP contribution >= 0.6 is 11.8 Å². The van der Waals surface area contributed by atoms with Crippen LogP contribution in [0.2, 0.25) is 0 Å². The molecule has 0 fully saturated rings. The quantitative estimate of drug-likeness (QED) is 0.409. The average Bonchev–Trinajstić information content (AvgIpc) is 1.69. The SMILES string of the molecule is CSCCCO[NH]. The summed E-state index contributed by atoms with van der Waals surface area (Å²) in [5.41, 5.74) is 0. The zero-order valence-corrected chi connectivity index (χ0v) is 5.25. The molecule has 2 nitrogen and oxygen atoms in total. The van der Waals surface area contributed by atoms with E-state index in [9.17, 15) is 0 Å². The molecule has 0 aliphatic rings. The molecule has 43 valence electrons. The van der Waals surface area contributed by atoms with Crippen LogP contribution in [0.15, 0.2) is 0 Å². The Labute approximate surface area is 48.4 Å². The second-order valence-corrected chi connectivity index (χ2v) is 2.18. The molecule has 1 N–H and O–H groups in total. The summed E-state index contributed by atoms with van der Waals surface area (Å²) in [6, 6.07) is 0. The van der Waals surface area contributed by atoms with Gasteiger partial charge in [0.1, 0.15) is 0 Å². The van der Waals surface area contributed by atoms with Crippen LogP contribution < -0.4 is 5.90 Å². The minimum absolute atomic E-state index is 0.570. The normalized spacial score (nSPS) is 9.43. The fourth-order valence-corrected chi connectivity index (χ4v) is 0.682. The maximum Gasteiger partial charge on any atom is 0.0707 e. The fraction of sp³-hybridized carbons (Fsp3) is 1.00. The Morgan fingerprint density at radius 2 is 2.43 bits per heavy atom. The Bertz CT molecular complexity index is 30.9. The molecular weight excluding hydrogens is 110 g/mol. The molecule has 0 aromatic carbocycles. The molecule has 0 rings (SSSR count). The van der Waals surface area contributed by atoms with E-state index in [0.29, 0.717) is 6.61 Å². The lowest BCUT2D eigenvalue weighted by Gasteiger charge is -1.91. The lowest BCUT2D eigenvalue weighted by atomic mass is 10.5. The van der Waals surface area contributed by atoms with Gasteiger partial charge in [-0.3, -0.25) is 4.84 Å². The van der Waals surface area contributed by atoms with Gasteiger partial charge < -0.3 is 0 Å². The van der Waals surface area contributed by atoms with Crippen LogP contribution in [0.1, 0.15) is 6.42 Å². The molecule has 0 saturated carbocycles. The topological polar surface area (TPSA) is 33.0 Å². The van der Waals surface area contributed by atoms with Crippen molar-refractivity contribution in [3.63, 3.8) is 0 Å². The number of hydrogen-bond donors (Lipinski definition) is 0. The zero-order chi connectivity index (χ0) is 5.54. The summed E-state index contributed by atoms with van der Waals surface area (Å²) in [6.45, 7) is 0.570. The summed E-state index contributed by atoms with van der Waals surface area (Å²) in [6.07, 6.45) is 3.04. The Hall–Kier alpha value is 0.270. The molecule has 3 heteroatoms. The molecule has 0 heterocycles. The van der Waals surface area contributed by atoms with E-state index in [1.165, 1.54) is 0 Å². The minimum Gasteiger partial charge on any atom is -0.285 e. The highest BCUT2D eigenvalue weighted by Crippen LogP contribution is 1.93. The molecule has 0 aromatic rings. The van der Waals surface area contributed by atoms with E-state index in [1.54, 1.807) is 11.8 Å². The van der Waals surface area contributed by atoms with Crippen molar-refractivity contribution in [3.8, 4) is 0 Å².